The van der Waals surface area contributed by atoms with E-state index in [1.807, 2.05) is 91.0 Å². The highest BCUT2D eigenvalue weighted by Gasteiger charge is 2.31. The quantitative estimate of drug-likeness (QED) is 0.498. The molecule has 2 amide bonds. The highest BCUT2D eigenvalue weighted by molar-refractivity contribution is 5.88. The van der Waals surface area contributed by atoms with E-state index in [4.69, 9.17) is 4.74 Å². The van der Waals surface area contributed by atoms with Gasteiger partial charge in [0.25, 0.3) is 0 Å². The maximum Gasteiger partial charge on any atom is 0.243 e. The normalized spacial score (nSPS) is 16.1. The van der Waals surface area contributed by atoms with E-state index in [1.54, 1.807) is 4.90 Å². The molecule has 0 aromatic heterocycles. The first kappa shape index (κ1) is 23.7. The largest absolute Gasteiger partial charge is 0.376 e. The van der Waals surface area contributed by atoms with Gasteiger partial charge in [0.05, 0.1) is 12.5 Å². The van der Waals surface area contributed by atoms with E-state index in [1.165, 1.54) is 0 Å². The molecule has 1 saturated heterocycles. The van der Waals surface area contributed by atoms with Crippen molar-refractivity contribution in [2.75, 3.05) is 13.2 Å². The second kappa shape index (κ2) is 12.1. The van der Waals surface area contributed by atoms with Gasteiger partial charge in [-0.2, -0.15) is 0 Å². The van der Waals surface area contributed by atoms with Crippen molar-refractivity contribution < 1.29 is 14.3 Å². The minimum atomic E-state index is -0.625. The SMILES string of the molecule is O=C(NCC1CCCO1)C(Cc1ccccc1)N(Cc1ccccc1)C(=O)Cc1ccccc1. The van der Waals surface area contributed by atoms with Gasteiger partial charge in [0.2, 0.25) is 11.8 Å². The smallest absolute Gasteiger partial charge is 0.243 e. The molecule has 0 saturated carbocycles. The van der Waals surface area contributed by atoms with Crippen LogP contribution in [0.2, 0.25) is 0 Å². The Morgan fingerprint density at radius 2 is 1.44 bits per heavy atom. The number of hydrogen-bond donors (Lipinski definition) is 1. The monoisotopic (exact) mass is 456 g/mol. The predicted molar refractivity (Wildman–Crippen MR) is 133 cm³/mol. The summed E-state index contributed by atoms with van der Waals surface area (Å²) in [5.74, 6) is -0.208. The zero-order valence-corrected chi connectivity index (χ0v) is 19.4. The molecule has 2 unspecified atom stereocenters. The molecular formula is C29H32N2O3. The van der Waals surface area contributed by atoms with Crippen molar-refractivity contribution in [3.63, 3.8) is 0 Å². The van der Waals surface area contributed by atoms with Gasteiger partial charge in [0.1, 0.15) is 6.04 Å². The van der Waals surface area contributed by atoms with Gasteiger partial charge in [-0.15, -0.1) is 0 Å². The van der Waals surface area contributed by atoms with Crippen molar-refractivity contribution in [3.05, 3.63) is 108 Å². The summed E-state index contributed by atoms with van der Waals surface area (Å²) >= 11 is 0. The van der Waals surface area contributed by atoms with Crippen molar-refractivity contribution in [2.45, 2.75) is 44.4 Å². The molecule has 176 valence electrons. The Kier molecular flexibility index (Phi) is 8.47. The summed E-state index contributed by atoms with van der Waals surface area (Å²) in [5, 5.41) is 3.07. The third-order valence-electron chi connectivity index (χ3n) is 6.19. The van der Waals surface area contributed by atoms with Crippen LogP contribution in [0.15, 0.2) is 91.0 Å². The van der Waals surface area contributed by atoms with Crippen LogP contribution in [0.3, 0.4) is 0 Å². The first-order valence-corrected chi connectivity index (χ1v) is 12.0. The Morgan fingerprint density at radius 1 is 0.853 bits per heavy atom. The molecule has 4 rings (SSSR count). The summed E-state index contributed by atoms with van der Waals surface area (Å²) in [7, 11) is 0. The molecule has 0 spiro atoms. The fourth-order valence-corrected chi connectivity index (χ4v) is 4.34. The molecule has 0 bridgehead atoms. The van der Waals surface area contributed by atoms with Crippen molar-refractivity contribution in [3.8, 4) is 0 Å². The third kappa shape index (κ3) is 6.78. The lowest BCUT2D eigenvalue weighted by Gasteiger charge is -2.32. The van der Waals surface area contributed by atoms with Crippen LogP contribution in [0.5, 0.6) is 0 Å². The van der Waals surface area contributed by atoms with Gasteiger partial charge in [-0.25, -0.2) is 0 Å². The number of ether oxygens (including phenoxy) is 1. The molecule has 1 aliphatic rings. The summed E-state index contributed by atoms with van der Waals surface area (Å²) < 4.78 is 5.69. The van der Waals surface area contributed by atoms with E-state index in [2.05, 4.69) is 5.32 Å². The lowest BCUT2D eigenvalue weighted by Crippen LogP contribution is -2.52. The van der Waals surface area contributed by atoms with Gasteiger partial charge in [0, 0.05) is 26.1 Å². The summed E-state index contributed by atoms with van der Waals surface area (Å²) in [6.45, 7) is 1.58. The van der Waals surface area contributed by atoms with Crippen LogP contribution in [0.25, 0.3) is 0 Å². The summed E-state index contributed by atoms with van der Waals surface area (Å²) in [4.78, 5) is 28.9. The summed E-state index contributed by atoms with van der Waals surface area (Å²) in [6, 6.07) is 28.8. The number of nitrogens with one attached hydrogen (secondary N) is 1. The molecule has 0 aliphatic carbocycles. The van der Waals surface area contributed by atoms with Crippen molar-refractivity contribution in [1.29, 1.82) is 0 Å². The Balaban J connectivity index is 1.60. The van der Waals surface area contributed by atoms with Crippen LogP contribution in [0.1, 0.15) is 29.5 Å². The van der Waals surface area contributed by atoms with Crippen molar-refractivity contribution in [2.24, 2.45) is 0 Å². The maximum atomic E-state index is 13.6. The molecule has 0 radical (unpaired) electrons. The molecule has 2 atom stereocenters. The van der Waals surface area contributed by atoms with Gasteiger partial charge in [-0.3, -0.25) is 9.59 Å². The molecule has 5 heteroatoms. The van der Waals surface area contributed by atoms with E-state index in [9.17, 15) is 9.59 Å². The highest BCUT2D eigenvalue weighted by atomic mass is 16.5. The van der Waals surface area contributed by atoms with Gasteiger partial charge >= 0.3 is 0 Å². The van der Waals surface area contributed by atoms with E-state index < -0.39 is 6.04 Å². The van der Waals surface area contributed by atoms with E-state index in [-0.39, 0.29) is 24.3 Å². The van der Waals surface area contributed by atoms with Crippen LogP contribution in [-0.2, 0) is 33.7 Å². The van der Waals surface area contributed by atoms with Gasteiger partial charge in [-0.05, 0) is 29.5 Å². The maximum absolute atomic E-state index is 13.6. The second-order valence-electron chi connectivity index (χ2n) is 8.76. The van der Waals surface area contributed by atoms with Crippen LogP contribution < -0.4 is 5.32 Å². The Labute approximate surface area is 201 Å². The fourth-order valence-electron chi connectivity index (χ4n) is 4.34. The zero-order valence-electron chi connectivity index (χ0n) is 19.4. The van der Waals surface area contributed by atoms with E-state index in [0.29, 0.717) is 19.5 Å². The number of amides is 2. The number of benzene rings is 3. The predicted octanol–water partition coefficient (Wildman–Crippen LogP) is 4.16. The summed E-state index contributed by atoms with van der Waals surface area (Å²) in [5.41, 5.74) is 2.95. The number of hydrogen-bond acceptors (Lipinski definition) is 3. The number of rotatable bonds is 10. The third-order valence-corrected chi connectivity index (χ3v) is 6.19. The van der Waals surface area contributed by atoms with E-state index >= 15 is 0 Å². The lowest BCUT2D eigenvalue weighted by molar-refractivity contribution is -0.141. The topological polar surface area (TPSA) is 58.6 Å². The molecule has 3 aromatic carbocycles. The van der Waals surface area contributed by atoms with Crippen LogP contribution in [0, 0.1) is 0 Å². The number of nitrogens with zero attached hydrogens (tertiary/aromatic N) is 1. The van der Waals surface area contributed by atoms with Gasteiger partial charge in [-0.1, -0.05) is 91.0 Å². The van der Waals surface area contributed by atoms with Gasteiger partial charge in [0.15, 0.2) is 0 Å². The molecular weight excluding hydrogens is 424 g/mol. The van der Waals surface area contributed by atoms with Crippen LogP contribution in [0.4, 0.5) is 0 Å². The van der Waals surface area contributed by atoms with Crippen molar-refractivity contribution >= 4 is 11.8 Å². The molecule has 34 heavy (non-hydrogen) atoms. The lowest BCUT2D eigenvalue weighted by atomic mass is 10.0. The molecule has 3 aromatic rings. The van der Waals surface area contributed by atoms with Crippen molar-refractivity contribution in [1.82, 2.24) is 10.2 Å². The summed E-state index contributed by atoms with van der Waals surface area (Å²) in [6.07, 6.45) is 2.71. The Bertz CT molecular complexity index is 1030. The zero-order chi connectivity index (χ0) is 23.6. The average Bonchev–Trinajstić information content (AvgIpc) is 3.40. The molecule has 1 heterocycles. The standard InChI is InChI=1S/C29H32N2O3/c32-28(20-24-13-6-2-7-14-24)31(22-25-15-8-3-9-16-25)27(19-23-11-4-1-5-12-23)29(33)30-21-26-17-10-18-34-26/h1-9,11-16,26-27H,10,17-22H2,(H,30,33). The molecule has 5 nitrogen and oxygen atoms in total. The average molecular weight is 457 g/mol. The Morgan fingerprint density at radius 3 is 2.03 bits per heavy atom. The minimum Gasteiger partial charge on any atom is -0.376 e. The fraction of sp³-hybridized carbons (Fsp3) is 0.310. The van der Waals surface area contributed by atoms with Crippen LogP contribution >= 0.6 is 0 Å². The first-order chi connectivity index (χ1) is 16.7. The molecule has 1 N–H and O–H groups in total. The second-order valence-corrected chi connectivity index (χ2v) is 8.76. The highest BCUT2D eigenvalue weighted by Crippen LogP contribution is 2.17. The minimum absolute atomic E-state index is 0.0453. The number of carbonyl (C=O) groups excluding carboxylic acids is 2. The van der Waals surface area contributed by atoms with Gasteiger partial charge < -0.3 is 15.0 Å². The first-order valence-electron chi connectivity index (χ1n) is 12.0. The van der Waals surface area contributed by atoms with E-state index in [0.717, 1.165) is 36.1 Å². The molecule has 1 aliphatic heterocycles. The molecule has 1 fully saturated rings. The Hall–Kier alpha value is -3.44. The van der Waals surface area contributed by atoms with Crippen LogP contribution in [-0.4, -0.2) is 42.0 Å². The number of carbonyl (C=O) groups is 2.